The summed E-state index contributed by atoms with van der Waals surface area (Å²) in [4.78, 5) is 14.3. The first-order valence-electron chi connectivity index (χ1n) is 11.7. The van der Waals surface area contributed by atoms with Crippen molar-refractivity contribution < 1.29 is 48.3 Å². The van der Waals surface area contributed by atoms with Gasteiger partial charge in [-0.25, -0.2) is 21.6 Å². The summed E-state index contributed by atoms with van der Waals surface area (Å²) in [6.07, 6.45) is -11.5. The third-order valence-electron chi connectivity index (χ3n) is 7.57. The molecule has 2 atom stereocenters. The molecule has 1 aliphatic heterocycles. The molecule has 214 valence electrons. The average molecular weight is 611 g/mol. The van der Waals surface area contributed by atoms with Crippen molar-refractivity contribution in [3.63, 3.8) is 0 Å². The molecule has 0 spiro atoms. The van der Waals surface area contributed by atoms with Crippen LogP contribution in [0.3, 0.4) is 0 Å². The first kappa shape index (κ1) is 28.5. The fourth-order valence-electron chi connectivity index (χ4n) is 5.68. The Morgan fingerprint density at radius 2 is 1.62 bits per heavy atom. The number of halogens is 8. The van der Waals surface area contributed by atoms with Gasteiger partial charge in [0.05, 0.1) is 4.90 Å². The molecule has 5 nitrogen and oxygen atoms in total. The van der Waals surface area contributed by atoms with Gasteiger partial charge < -0.3 is 4.90 Å². The van der Waals surface area contributed by atoms with Gasteiger partial charge in [0.1, 0.15) is 15.4 Å². The van der Waals surface area contributed by atoms with E-state index in [1.807, 2.05) is 0 Å². The SMILES string of the molecule is O=C(c1ccns1)N1CC2CCc3cc(C(F)(C(F)(F)F)C(F)(F)F)ccc3[C@]2(S(=O)(=O)c2ccc(F)cc2)C1. The zero-order valence-corrected chi connectivity index (χ0v) is 21.7. The standard InChI is InChI=1S/C25H18F8N2O3S2/c26-17-4-6-18(7-5-17)40(37,38)22-13-35(21(36)20-9-10-34-39-20)12-16(22)2-1-14-11-15(3-8-19(14)22)23(27,24(28,29)30)25(31,32)33/h3-11,16H,1-2,12-13H2/t16?,22-/m0/s1. The molecular formula is C25H18F8N2O3S2. The van der Waals surface area contributed by atoms with Crippen molar-refractivity contribution in [3.8, 4) is 0 Å². The molecule has 3 aromatic rings. The Bertz CT molecular complexity index is 1540. The van der Waals surface area contributed by atoms with Crippen LogP contribution in [0.2, 0.25) is 0 Å². The highest BCUT2D eigenvalue weighted by Crippen LogP contribution is 2.56. The van der Waals surface area contributed by atoms with E-state index >= 15 is 0 Å². The lowest BCUT2D eigenvalue weighted by atomic mass is 9.75. The van der Waals surface area contributed by atoms with E-state index in [4.69, 9.17) is 0 Å². The number of hydrogen-bond acceptors (Lipinski definition) is 5. The number of carbonyl (C=O) groups is 1. The Kier molecular flexibility index (Phi) is 6.56. The monoisotopic (exact) mass is 610 g/mol. The molecule has 1 aliphatic carbocycles. The molecule has 0 N–H and O–H groups in total. The van der Waals surface area contributed by atoms with E-state index in [0.717, 1.165) is 41.9 Å². The number of carbonyl (C=O) groups excluding carboxylic acids is 1. The molecule has 2 aliphatic rings. The number of aromatic nitrogens is 1. The van der Waals surface area contributed by atoms with Gasteiger partial charge in [-0.1, -0.05) is 18.2 Å². The highest BCUT2D eigenvalue weighted by molar-refractivity contribution is 7.92. The number of alkyl halides is 7. The maximum atomic E-state index is 14.9. The van der Waals surface area contributed by atoms with Gasteiger partial charge in [0.25, 0.3) is 5.91 Å². The Balaban J connectivity index is 1.71. The van der Waals surface area contributed by atoms with Crippen LogP contribution in [-0.2, 0) is 26.7 Å². The third kappa shape index (κ3) is 4.03. The second-order valence-electron chi connectivity index (χ2n) is 9.67. The second kappa shape index (κ2) is 9.23. The number of fused-ring (bicyclic) bond motifs is 3. The predicted octanol–water partition coefficient (Wildman–Crippen LogP) is 5.96. The number of nitrogens with zero attached hydrogens (tertiary/aromatic N) is 2. The fourth-order valence-corrected chi connectivity index (χ4v) is 8.60. The smallest absolute Gasteiger partial charge is 0.336 e. The van der Waals surface area contributed by atoms with Crippen molar-refractivity contribution in [2.24, 2.45) is 5.92 Å². The summed E-state index contributed by atoms with van der Waals surface area (Å²) < 4.78 is 140. The van der Waals surface area contributed by atoms with Crippen molar-refractivity contribution in [1.29, 1.82) is 0 Å². The summed E-state index contributed by atoms with van der Waals surface area (Å²) >= 11 is 0.863. The lowest BCUT2D eigenvalue weighted by Crippen LogP contribution is -2.51. The van der Waals surface area contributed by atoms with E-state index in [1.54, 1.807) is 0 Å². The van der Waals surface area contributed by atoms with Crippen LogP contribution in [0.25, 0.3) is 0 Å². The normalized spacial score (nSPS) is 21.7. The molecule has 1 amide bonds. The minimum absolute atomic E-state index is 0.0410. The molecule has 2 aromatic carbocycles. The van der Waals surface area contributed by atoms with Crippen LogP contribution < -0.4 is 0 Å². The maximum Gasteiger partial charge on any atom is 0.435 e. The predicted molar refractivity (Wildman–Crippen MR) is 126 cm³/mol. The van der Waals surface area contributed by atoms with E-state index in [0.29, 0.717) is 6.07 Å². The largest absolute Gasteiger partial charge is 0.435 e. The fraction of sp³-hybridized carbons (Fsp3) is 0.360. The van der Waals surface area contributed by atoms with Crippen molar-refractivity contribution in [2.75, 3.05) is 13.1 Å². The van der Waals surface area contributed by atoms with E-state index in [-0.39, 0.29) is 46.4 Å². The van der Waals surface area contributed by atoms with Crippen LogP contribution in [0.4, 0.5) is 35.1 Å². The number of likely N-dealkylation sites (tertiary alicyclic amines) is 1. The quantitative estimate of drug-likeness (QED) is 0.270. The molecular weight excluding hydrogens is 592 g/mol. The van der Waals surface area contributed by atoms with E-state index in [2.05, 4.69) is 4.37 Å². The van der Waals surface area contributed by atoms with Crippen LogP contribution in [0.5, 0.6) is 0 Å². The van der Waals surface area contributed by atoms with Gasteiger partial charge in [-0.2, -0.15) is 26.3 Å². The van der Waals surface area contributed by atoms with E-state index in [9.17, 15) is 48.3 Å². The Morgan fingerprint density at radius 3 is 2.20 bits per heavy atom. The minimum Gasteiger partial charge on any atom is -0.336 e. The number of amides is 1. The third-order valence-corrected chi connectivity index (χ3v) is 10.8. The summed E-state index contributed by atoms with van der Waals surface area (Å²) in [5.74, 6) is -2.12. The molecule has 0 saturated carbocycles. The Morgan fingerprint density at radius 1 is 0.975 bits per heavy atom. The van der Waals surface area contributed by atoms with Crippen LogP contribution in [-0.4, -0.2) is 49.0 Å². The summed E-state index contributed by atoms with van der Waals surface area (Å²) in [5, 5.41) is 0. The molecule has 0 bridgehead atoms. The lowest BCUT2D eigenvalue weighted by molar-refractivity contribution is -0.348. The first-order valence-corrected chi connectivity index (χ1v) is 14.0. The number of benzene rings is 2. The summed E-state index contributed by atoms with van der Waals surface area (Å²) in [7, 11) is -4.54. The van der Waals surface area contributed by atoms with Crippen LogP contribution >= 0.6 is 11.5 Å². The summed E-state index contributed by atoms with van der Waals surface area (Å²) in [5.41, 5.74) is -7.78. The summed E-state index contributed by atoms with van der Waals surface area (Å²) in [6.45, 7) is -0.573. The zero-order chi connectivity index (χ0) is 29.3. The van der Waals surface area contributed by atoms with Gasteiger partial charge in [0.2, 0.25) is 0 Å². The molecule has 1 unspecified atom stereocenters. The molecule has 2 heterocycles. The zero-order valence-electron chi connectivity index (χ0n) is 20.1. The minimum atomic E-state index is -6.35. The van der Waals surface area contributed by atoms with E-state index < -0.39 is 62.4 Å². The molecule has 1 aromatic heterocycles. The Labute approximate surface area is 226 Å². The van der Waals surface area contributed by atoms with Crippen molar-refractivity contribution in [3.05, 3.63) is 82.1 Å². The van der Waals surface area contributed by atoms with Gasteiger partial charge in [-0.3, -0.25) is 4.79 Å². The maximum absolute atomic E-state index is 14.9. The molecule has 5 rings (SSSR count). The number of hydrogen-bond donors (Lipinski definition) is 0. The number of rotatable bonds is 4. The molecule has 1 saturated heterocycles. The van der Waals surface area contributed by atoms with Crippen LogP contribution in [0, 0.1) is 11.7 Å². The van der Waals surface area contributed by atoms with Gasteiger partial charge >= 0.3 is 18.0 Å². The molecule has 15 heteroatoms. The van der Waals surface area contributed by atoms with Crippen molar-refractivity contribution >= 4 is 27.3 Å². The first-order chi connectivity index (χ1) is 18.5. The average Bonchev–Trinajstić information content (AvgIpc) is 3.55. The van der Waals surface area contributed by atoms with Crippen molar-refractivity contribution in [1.82, 2.24) is 9.27 Å². The molecule has 1 fully saturated rings. The highest BCUT2D eigenvalue weighted by atomic mass is 32.2. The van der Waals surface area contributed by atoms with Gasteiger partial charge in [-0.15, -0.1) is 0 Å². The van der Waals surface area contributed by atoms with Crippen molar-refractivity contribution in [2.45, 2.75) is 40.5 Å². The van der Waals surface area contributed by atoms with Crippen LogP contribution in [0.1, 0.15) is 32.8 Å². The van der Waals surface area contributed by atoms with Gasteiger partial charge in [0.15, 0.2) is 9.84 Å². The number of sulfone groups is 1. The Hall–Kier alpha value is -3.07. The molecule has 40 heavy (non-hydrogen) atoms. The second-order valence-corrected chi connectivity index (χ2v) is 12.7. The van der Waals surface area contributed by atoms with Gasteiger partial charge in [0, 0.05) is 30.8 Å². The topological polar surface area (TPSA) is 67.3 Å². The van der Waals surface area contributed by atoms with E-state index in [1.165, 1.54) is 17.2 Å². The van der Waals surface area contributed by atoms with Gasteiger partial charge in [-0.05, 0) is 65.8 Å². The van der Waals surface area contributed by atoms with Crippen LogP contribution in [0.15, 0.2) is 59.6 Å². The number of aryl methyl sites for hydroxylation is 1. The highest BCUT2D eigenvalue weighted by Gasteiger charge is 2.73. The lowest BCUT2D eigenvalue weighted by Gasteiger charge is -2.40. The summed E-state index contributed by atoms with van der Waals surface area (Å²) in [6, 6.07) is 6.66. The molecule has 0 radical (unpaired) electrons.